The van der Waals surface area contributed by atoms with E-state index < -0.39 is 0 Å². The fourth-order valence-corrected chi connectivity index (χ4v) is 2.29. The highest BCUT2D eigenvalue weighted by Gasteiger charge is 2.13. The molecule has 0 amide bonds. The molecule has 0 fully saturated rings. The summed E-state index contributed by atoms with van der Waals surface area (Å²) in [6, 6.07) is 3.93. The summed E-state index contributed by atoms with van der Waals surface area (Å²) in [7, 11) is 0. The second-order valence-corrected chi connectivity index (χ2v) is 4.19. The summed E-state index contributed by atoms with van der Waals surface area (Å²) in [6.45, 7) is 0. The van der Waals surface area contributed by atoms with E-state index in [4.69, 9.17) is 0 Å². The van der Waals surface area contributed by atoms with Crippen LogP contribution in [0.15, 0.2) is 24.8 Å². The molecule has 0 radical (unpaired) electrons. The van der Waals surface area contributed by atoms with Crippen molar-refractivity contribution in [1.29, 1.82) is 0 Å². The summed E-state index contributed by atoms with van der Waals surface area (Å²) in [4.78, 5) is 0. The number of nitrogens with zero attached hydrogens (tertiary/aromatic N) is 3. The topological polar surface area (TPSA) is 50.9 Å². The fraction of sp³-hybridized carbons (Fsp3) is 0.333. The molecule has 1 aliphatic rings. The Morgan fingerprint density at radius 1 is 1.00 bits per heavy atom. The summed E-state index contributed by atoms with van der Waals surface area (Å²) in [5, 5.41) is 17.5. The lowest BCUT2D eigenvalue weighted by Crippen LogP contribution is -2.04. The number of fused-ring (bicyclic) bond motifs is 1. The van der Waals surface area contributed by atoms with Crippen LogP contribution in [0.2, 0.25) is 0 Å². The van der Waals surface area contributed by atoms with Crippen LogP contribution in [0.25, 0.3) is 5.69 Å². The van der Waals surface area contributed by atoms with E-state index in [0.717, 1.165) is 18.5 Å². The summed E-state index contributed by atoms with van der Waals surface area (Å²) in [5.41, 5.74) is 3.39. The number of hydrogen-bond acceptors (Lipinski definition) is 3. The zero-order valence-corrected chi connectivity index (χ0v) is 8.93. The number of benzene rings is 1. The molecule has 0 bridgehead atoms. The first kappa shape index (κ1) is 9.39. The van der Waals surface area contributed by atoms with Gasteiger partial charge in [0.15, 0.2) is 0 Å². The van der Waals surface area contributed by atoms with Gasteiger partial charge in [-0.25, -0.2) is 0 Å². The van der Waals surface area contributed by atoms with Crippen molar-refractivity contribution in [1.82, 2.24) is 14.8 Å². The Morgan fingerprint density at radius 3 is 2.31 bits per heavy atom. The number of aryl methyl sites for hydroxylation is 2. The number of aromatic hydroxyl groups is 1. The van der Waals surface area contributed by atoms with E-state index in [2.05, 4.69) is 10.2 Å². The lowest BCUT2D eigenvalue weighted by Gasteiger charge is -2.17. The first-order chi connectivity index (χ1) is 7.84. The second kappa shape index (κ2) is 3.63. The van der Waals surface area contributed by atoms with Gasteiger partial charge in [-0.05, 0) is 48.9 Å². The maximum absolute atomic E-state index is 9.96. The normalized spacial score (nSPS) is 14.8. The number of phenols is 1. The Kier molecular flexibility index (Phi) is 2.13. The van der Waals surface area contributed by atoms with Crippen LogP contribution >= 0.6 is 0 Å². The Balaban J connectivity index is 2.12. The van der Waals surface area contributed by atoms with Crippen LogP contribution in [-0.4, -0.2) is 19.9 Å². The van der Waals surface area contributed by atoms with E-state index in [-0.39, 0.29) is 0 Å². The Bertz CT molecular complexity index is 505. The van der Waals surface area contributed by atoms with Crippen molar-refractivity contribution in [3.63, 3.8) is 0 Å². The Labute approximate surface area is 93.6 Å². The number of aromatic nitrogens is 3. The van der Waals surface area contributed by atoms with Crippen molar-refractivity contribution in [2.24, 2.45) is 0 Å². The maximum Gasteiger partial charge on any atom is 0.139 e. The molecule has 0 atom stereocenters. The van der Waals surface area contributed by atoms with E-state index in [9.17, 15) is 5.11 Å². The molecule has 0 spiro atoms. The summed E-state index contributed by atoms with van der Waals surface area (Å²) in [5.74, 6) is 0.306. The molecule has 1 aliphatic carbocycles. The predicted molar refractivity (Wildman–Crippen MR) is 59.7 cm³/mol. The van der Waals surface area contributed by atoms with Crippen molar-refractivity contribution in [2.45, 2.75) is 25.7 Å². The molecule has 2 aromatic rings. The van der Waals surface area contributed by atoms with Gasteiger partial charge in [0.05, 0.1) is 5.69 Å². The van der Waals surface area contributed by atoms with Crippen LogP contribution in [-0.2, 0) is 12.8 Å². The molecule has 0 saturated carbocycles. The van der Waals surface area contributed by atoms with E-state index in [1.54, 1.807) is 17.2 Å². The standard InChI is InChI=1S/C12H13N3O/c16-12-6-10-4-2-1-3-9(10)5-11(12)15-7-13-14-8-15/h5-8,16H,1-4H2. The molecule has 1 N–H and O–H groups in total. The zero-order valence-electron chi connectivity index (χ0n) is 8.93. The molecule has 1 aromatic carbocycles. The third-order valence-electron chi connectivity index (χ3n) is 3.14. The summed E-state index contributed by atoms with van der Waals surface area (Å²) in [6.07, 6.45) is 7.84. The first-order valence-corrected chi connectivity index (χ1v) is 5.54. The van der Waals surface area contributed by atoms with Crippen LogP contribution in [0.1, 0.15) is 24.0 Å². The van der Waals surface area contributed by atoms with Crippen molar-refractivity contribution in [3.8, 4) is 11.4 Å². The predicted octanol–water partition coefficient (Wildman–Crippen LogP) is 1.85. The van der Waals surface area contributed by atoms with Crippen LogP contribution in [0.3, 0.4) is 0 Å². The van der Waals surface area contributed by atoms with Crippen LogP contribution in [0.4, 0.5) is 0 Å². The quantitative estimate of drug-likeness (QED) is 0.789. The molecular formula is C12H13N3O. The van der Waals surface area contributed by atoms with E-state index in [0.29, 0.717) is 5.75 Å². The highest BCUT2D eigenvalue weighted by molar-refractivity contribution is 5.52. The molecule has 4 heteroatoms. The lowest BCUT2D eigenvalue weighted by atomic mass is 9.91. The molecule has 1 heterocycles. The van der Waals surface area contributed by atoms with Crippen molar-refractivity contribution >= 4 is 0 Å². The fourth-order valence-electron chi connectivity index (χ4n) is 2.29. The van der Waals surface area contributed by atoms with Gasteiger partial charge in [0.1, 0.15) is 18.4 Å². The van der Waals surface area contributed by atoms with E-state index in [1.807, 2.05) is 12.1 Å². The SMILES string of the molecule is Oc1cc2c(cc1-n1cnnc1)CCCC2. The minimum atomic E-state index is 0.306. The zero-order chi connectivity index (χ0) is 11.0. The number of rotatable bonds is 1. The summed E-state index contributed by atoms with van der Waals surface area (Å²) >= 11 is 0. The molecule has 16 heavy (non-hydrogen) atoms. The molecule has 4 nitrogen and oxygen atoms in total. The van der Waals surface area contributed by atoms with Crippen molar-refractivity contribution in [2.75, 3.05) is 0 Å². The van der Waals surface area contributed by atoms with Crippen molar-refractivity contribution < 1.29 is 5.11 Å². The van der Waals surface area contributed by atoms with Crippen LogP contribution < -0.4 is 0 Å². The van der Waals surface area contributed by atoms with E-state index in [1.165, 1.54) is 24.0 Å². The Morgan fingerprint density at radius 2 is 1.62 bits per heavy atom. The van der Waals surface area contributed by atoms with E-state index >= 15 is 0 Å². The summed E-state index contributed by atoms with van der Waals surface area (Å²) < 4.78 is 1.74. The lowest BCUT2D eigenvalue weighted by molar-refractivity contribution is 0.470. The smallest absolute Gasteiger partial charge is 0.139 e. The Hall–Kier alpha value is -1.84. The molecule has 82 valence electrons. The van der Waals surface area contributed by atoms with Gasteiger partial charge in [-0.15, -0.1) is 10.2 Å². The van der Waals surface area contributed by atoms with Crippen LogP contribution in [0, 0.1) is 0 Å². The maximum atomic E-state index is 9.96. The molecule has 3 rings (SSSR count). The largest absolute Gasteiger partial charge is 0.506 e. The van der Waals surface area contributed by atoms with Gasteiger partial charge >= 0.3 is 0 Å². The second-order valence-electron chi connectivity index (χ2n) is 4.19. The number of phenolic OH excluding ortho intramolecular Hbond substituents is 1. The monoisotopic (exact) mass is 215 g/mol. The average molecular weight is 215 g/mol. The first-order valence-electron chi connectivity index (χ1n) is 5.54. The van der Waals surface area contributed by atoms with Gasteiger partial charge < -0.3 is 5.11 Å². The van der Waals surface area contributed by atoms with Gasteiger partial charge in [-0.2, -0.15) is 0 Å². The average Bonchev–Trinajstić information content (AvgIpc) is 2.81. The molecular weight excluding hydrogens is 202 g/mol. The third kappa shape index (κ3) is 1.46. The highest BCUT2D eigenvalue weighted by atomic mass is 16.3. The molecule has 1 aromatic heterocycles. The third-order valence-corrected chi connectivity index (χ3v) is 3.14. The molecule has 0 aliphatic heterocycles. The minimum absolute atomic E-state index is 0.306. The van der Waals surface area contributed by atoms with Crippen molar-refractivity contribution in [3.05, 3.63) is 35.9 Å². The van der Waals surface area contributed by atoms with Gasteiger partial charge in [0, 0.05) is 0 Å². The molecule has 0 unspecified atom stereocenters. The minimum Gasteiger partial charge on any atom is -0.506 e. The van der Waals surface area contributed by atoms with Gasteiger partial charge in [0.2, 0.25) is 0 Å². The number of hydrogen-bond donors (Lipinski definition) is 1. The highest BCUT2D eigenvalue weighted by Crippen LogP contribution is 2.30. The van der Waals surface area contributed by atoms with Gasteiger partial charge in [0.25, 0.3) is 0 Å². The van der Waals surface area contributed by atoms with Gasteiger partial charge in [-0.1, -0.05) is 0 Å². The molecule has 0 saturated heterocycles. The van der Waals surface area contributed by atoms with Gasteiger partial charge in [-0.3, -0.25) is 4.57 Å². The van der Waals surface area contributed by atoms with Crippen LogP contribution in [0.5, 0.6) is 5.75 Å².